The number of amides is 1. The van der Waals surface area contributed by atoms with Gasteiger partial charge < -0.3 is 4.90 Å². The van der Waals surface area contributed by atoms with Crippen LogP contribution in [0.1, 0.15) is 15.9 Å². The van der Waals surface area contributed by atoms with Gasteiger partial charge in [0, 0.05) is 38.4 Å². The first-order chi connectivity index (χ1) is 13.2. The van der Waals surface area contributed by atoms with Crippen molar-refractivity contribution in [1.82, 2.24) is 24.5 Å². The second-order valence-corrected chi connectivity index (χ2v) is 6.25. The van der Waals surface area contributed by atoms with Gasteiger partial charge in [0.25, 0.3) is 5.91 Å². The molecular weight excluding hydrogens is 338 g/mol. The number of aromatic nitrogens is 4. The van der Waals surface area contributed by atoms with E-state index in [0.29, 0.717) is 12.1 Å². The smallest absolute Gasteiger partial charge is 0.256 e. The van der Waals surface area contributed by atoms with Crippen molar-refractivity contribution in [3.8, 4) is 11.4 Å². The third kappa shape index (κ3) is 3.50. The molecule has 1 amide bonds. The summed E-state index contributed by atoms with van der Waals surface area (Å²) in [6.45, 7) is 0.501. The van der Waals surface area contributed by atoms with Crippen LogP contribution in [0.25, 0.3) is 11.4 Å². The summed E-state index contributed by atoms with van der Waals surface area (Å²) in [6, 6.07) is 19.2. The summed E-state index contributed by atoms with van der Waals surface area (Å²) in [5, 5.41) is 8.51. The Kier molecular flexibility index (Phi) is 4.53. The average Bonchev–Trinajstić information content (AvgIpc) is 3.41. The molecule has 0 atom stereocenters. The zero-order chi connectivity index (χ0) is 18.6. The second kappa shape index (κ2) is 7.29. The minimum atomic E-state index is -0.0504. The van der Waals surface area contributed by atoms with E-state index in [0.717, 1.165) is 16.9 Å². The first-order valence-corrected chi connectivity index (χ1v) is 8.66. The number of carbonyl (C=O) groups is 1. The molecule has 0 saturated carbocycles. The molecule has 0 unspecified atom stereocenters. The SMILES string of the molecule is CN(Cc1cccc(-n2cccn2)c1)C(=O)c1ccccc1-n1cccn1. The van der Waals surface area contributed by atoms with Crippen LogP contribution in [0.5, 0.6) is 0 Å². The number of hydrogen-bond donors (Lipinski definition) is 0. The van der Waals surface area contributed by atoms with Crippen molar-refractivity contribution in [3.63, 3.8) is 0 Å². The summed E-state index contributed by atoms with van der Waals surface area (Å²) in [6.07, 6.45) is 7.17. The third-order valence-corrected chi connectivity index (χ3v) is 4.33. The maximum atomic E-state index is 13.0. The van der Waals surface area contributed by atoms with Crippen LogP contribution in [0.4, 0.5) is 0 Å². The predicted octanol–water partition coefficient (Wildman–Crippen LogP) is 3.33. The molecule has 0 bridgehead atoms. The second-order valence-electron chi connectivity index (χ2n) is 6.25. The molecule has 4 aromatic rings. The summed E-state index contributed by atoms with van der Waals surface area (Å²) >= 11 is 0. The number of rotatable bonds is 5. The molecular formula is C21H19N5O. The van der Waals surface area contributed by atoms with E-state index in [4.69, 9.17) is 0 Å². The first-order valence-electron chi connectivity index (χ1n) is 8.66. The van der Waals surface area contributed by atoms with Gasteiger partial charge in [0.1, 0.15) is 0 Å². The van der Waals surface area contributed by atoms with Gasteiger partial charge in [-0.2, -0.15) is 10.2 Å². The molecule has 6 heteroatoms. The quantitative estimate of drug-likeness (QED) is 0.550. The van der Waals surface area contributed by atoms with Gasteiger partial charge in [-0.25, -0.2) is 9.36 Å². The fraction of sp³-hybridized carbons (Fsp3) is 0.0952. The topological polar surface area (TPSA) is 56.0 Å². The normalized spacial score (nSPS) is 10.7. The van der Waals surface area contributed by atoms with E-state index in [2.05, 4.69) is 10.2 Å². The van der Waals surface area contributed by atoms with Gasteiger partial charge in [-0.3, -0.25) is 4.79 Å². The molecule has 0 fully saturated rings. The van der Waals surface area contributed by atoms with E-state index in [-0.39, 0.29) is 5.91 Å². The molecule has 4 rings (SSSR count). The maximum absolute atomic E-state index is 13.0. The van der Waals surface area contributed by atoms with Gasteiger partial charge in [-0.15, -0.1) is 0 Å². The number of hydrogen-bond acceptors (Lipinski definition) is 3. The minimum absolute atomic E-state index is 0.0504. The Morgan fingerprint density at radius 1 is 0.926 bits per heavy atom. The fourth-order valence-electron chi connectivity index (χ4n) is 3.04. The van der Waals surface area contributed by atoms with Crippen LogP contribution in [0.2, 0.25) is 0 Å². The van der Waals surface area contributed by atoms with Crippen molar-refractivity contribution >= 4 is 5.91 Å². The third-order valence-electron chi connectivity index (χ3n) is 4.33. The van der Waals surface area contributed by atoms with Crippen molar-refractivity contribution in [2.45, 2.75) is 6.54 Å². The van der Waals surface area contributed by atoms with Crippen LogP contribution in [0.3, 0.4) is 0 Å². The molecule has 134 valence electrons. The van der Waals surface area contributed by atoms with Gasteiger partial charge in [-0.1, -0.05) is 24.3 Å². The largest absolute Gasteiger partial charge is 0.337 e. The Morgan fingerprint density at radius 2 is 1.67 bits per heavy atom. The molecule has 0 N–H and O–H groups in total. The highest BCUT2D eigenvalue weighted by Crippen LogP contribution is 2.17. The van der Waals surface area contributed by atoms with Gasteiger partial charge in [0.05, 0.1) is 16.9 Å². The zero-order valence-corrected chi connectivity index (χ0v) is 14.9. The molecule has 0 aliphatic rings. The monoisotopic (exact) mass is 357 g/mol. The van der Waals surface area contributed by atoms with Crippen LogP contribution in [0.15, 0.2) is 85.5 Å². The summed E-state index contributed by atoms with van der Waals surface area (Å²) in [5.41, 5.74) is 3.39. The van der Waals surface area contributed by atoms with Crippen molar-refractivity contribution in [2.24, 2.45) is 0 Å². The van der Waals surface area contributed by atoms with Crippen LogP contribution in [-0.4, -0.2) is 37.4 Å². The van der Waals surface area contributed by atoms with Crippen LogP contribution < -0.4 is 0 Å². The lowest BCUT2D eigenvalue weighted by molar-refractivity contribution is 0.0785. The number of para-hydroxylation sites is 1. The lowest BCUT2D eigenvalue weighted by Gasteiger charge is -2.19. The van der Waals surface area contributed by atoms with E-state index in [1.54, 1.807) is 26.7 Å². The molecule has 2 heterocycles. The van der Waals surface area contributed by atoms with E-state index in [1.807, 2.05) is 80.1 Å². The highest BCUT2D eigenvalue weighted by molar-refractivity contribution is 5.97. The maximum Gasteiger partial charge on any atom is 0.256 e. The highest BCUT2D eigenvalue weighted by atomic mass is 16.2. The molecule has 0 radical (unpaired) electrons. The van der Waals surface area contributed by atoms with Crippen LogP contribution in [0, 0.1) is 0 Å². The molecule has 0 aliphatic carbocycles. The molecule has 27 heavy (non-hydrogen) atoms. The van der Waals surface area contributed by atoms with Gasteiger partial charge in [-0.05, 0) is 42.0 Å². The van der Waals surface area contributed by atoms with E-state index in [1.165, 1.54) is 0 Å². The average molecular weight is 357 g/mol. The van der Waals surface area contributed by atoms with E-state index >= 15 is 0 Å². The van der Waals surface area contributed by atoms with Crippen molar-refractivity contribution in [3.05, 3.63) is 96.6 Å². The Labute approximate surface area is 157 Å². The summed E-state index contributed by atoms with van der Waals surface area (Å²) in [7, 11) is 1.81. The minimum Gasteiger partial charge on any atom is -0.337 e. The Bertz CT molecular complexity index is 1040. The molecule has 0 saturated heterocycles. The lowest BCUT2D eigenvalue weighted by atomic mass is 10.1. The standard InChI is InChI=1S/C21H19N5O/c1-24(16-17-7-4-8-18(15-17)25-13-5-11-22-25)21(27)19-9-2-3-10-20(19)26-14-6-12-23-26/h2-15H,16H2,1H3. The molecule has 2 aromatic carbocycles. The Hall–Kier alpha value is -3.67. The number of benzene rings is 2. The molecule has 2 aromatic heterocycles. The van der Waals surface area contributed by atoms with Crippen LogP contribution in [-0.2, 0) is 6.54 Å². The summed E-state index contributed by atoms with van der Waals surface area (Å²) < 4.78 is 3.51. The number of nitrogens with zero attached hydrogens (tertiary/aromatic N) is 5. The highest BCUT2D eigenvalue weighted by Gasteiger charge is 2.17. The van der Waals surface area contributed by atoms with Crippen molar-refractivity contribution in [1.29, 1.82) is 0 Å². The number of carbonyl (C=O) groups excluding carboxylic acids is 1. The van der Waals surface area contributed by atoms with Gasteiger partial charge >= 0.3 is 0 Å². The zero-order valence-electron chi connectivity index (χ0n) is 14.9. The van der Waals surface area contributed by atoms with Crippen molar-refractivity contribution in [2.75, 3.05) is 7.05 Å². The molecule has 0 aliphatic heterocycles. The van der Waals surface area contributed by atoms with Crippen molar-refractivity contribution < 1.29 is 4.79 Å². The first kappa shape index (κ1) is 16.8. The Morgan fingerprint density at radius 3 is 2.41 bits per heavy atom. The lowest BCUT2D eigenvalue weighted by Crippen LogP contribution is -2.27. The van der Waals surface area contributed by atoms with E-state index in [9.17, 15) is 4.79 Å². The van der Waals surface area contributed by atoms with Gasteiger partial charge in [0.15, 0.2) is 0 Å². The fourth-order valence-corrected chi connectivity index (χ4v) is 3.04. The van der Waals surface area contributed by atoms with Gasteiger partial charge in [0.2, 0.25) is 0 Å². The van der Waals surface area contributed by atoms with Crippen LogP contribution >= 0.6 is 0 Å². The summed E-state index contributed by atoms with van der Waals surface area (Å²) in [4.78, 5) is 14.8. The summed E-state index contributed by atoms with van der Waals surface area (Å²) in [5.74, 6) is -0.0504. The van der Waals surface area contributed by atoms with E-state index < -0.39 is 0 Å². The Balaban J connectivity index is 1.57. The predicted molar refractivity (Wildman–Crippen MR) is 103 cm³/mol. The molecule has 6 nitrogen and oxygen atoms in total. The molecule has 0 spiro atoms.